The van der Waals surface area contributed by atoms with Crippen LogP contribution < -0.4 is 16.0 Å². The maximum atomic E-state index is 14.0. The molecule has 2 aliphatic carbocycles. The summed E-state index contributed by atoms with van der Waals surface area (Å²) in [5.74, 6) is -2.25. The normalized spacial score (nSPS) is 26.0. The first-order valence-electron chi connectivity index (χ1n) is 12.5. The Morgan fingerprint density at radius 3 is 2.37 bits per heavy atom. The smallest absolute Gasteiger partial charge is 0.318 e. The van der Waals surface area contributed by atoms with Crippen molar-refractivity contribution < 1.29 is 23.6 Å². The second kappa shape index (κ2) is 9.94. The van der Waals surface area contributed by atoms with Crippen LogP contribution in [0.2, 0.25) is 0 Å². The molecule has 2 saturated carbocycles. The molecule has 1 aromatic rings. The summed E-state index contributed by atoms with van der Waals surface area (Å²) in [6, 6.07) is 0.337. The van der Waals surface area contributed by atoms with Crippen molar-refractivity contribution >= 4 is 29.4 Å². The molecule has 1 aliphatic heterocycles. The predicted molar refractivity (Wildman–Crippen MR) is 126 cm³/mol. The number of halogens is 1. The van der Waals surface area contributed by atoms with E-state index in [0.717, 1.165) is 38.5 Å². The summed E-state index contributed by atoms with van der Waals surface area (Å²) >= 11 is 0. The minimum Gasteiger partial charge on any atom is -0.341 e. The summed E-state index contributed by atoms with van der Waals surface area (Å²) in [7, 11) is 1.67. The summed E-state index contributed by atoms with van der Waals surface area (Å²) in [5.41, 5.74) is -1.75. The highest BCUT2D eigenvalue weighted by molar-refractivity contribution is 6.44. The van der Waals surface area contributed by atoms with Crippen molar-refractivity contribution in [3.05, 3.63) is 12.3 Å². The first-order valence-corrected chi connectivity index (χ1v) is 12.5. The zero-order valence-corrected chi connectivity index (χ0v) is 20.4. The van der Waals surface area contributed by atoms with E-state index in [0.29, 0.717) is 19.5 Å². The molecule has 0 bridgehead atoms. The largest absolute Gasteiger partial charge is 0.341 e. The van der Waals surface area contributed by atoms with Crippen LogP contribution in [0, 0.1) is 5.41 Å². The van der Waals surface area contributed by atoms with Gasteiger partial charge in [0.25, 0.3) is 5.91 Å². The van der Waals surface area contributed by atoms with Gasteiger partial charge in [-0.05, 0) is 37.5 Å². The summed E-state index contributed by atoms with van der Waals surface area (Å²) < 4.78 is 15.5. The molecule has 11 heteroatoms. The van der Waals surface area contributed by atoms with E-state index in [1.54, 1.807) is 18.1 Å². The maximum absolute atomic E-state index is 14.0. The number of nitrogens with one attached hydrogen (secondary N) is 3. The van der Waals surface area contributed by atoms with Gasteiger partial charge >= 0.3 is 6.03 Å². The number of anilines is 1. The zero-order chi connectivity index (χ0) is 25.2. The quantitative estimate of drug-likeness (QED) is 0.481. The molecule has 1 atom stereocenters. The van der Waals surface area contributed by atoms with Crippen LogP contribution in [0.1, 0.15) is 64.7 Å². The summed E-state index contributed by atoms with van der Waals surface area (Å²) in [4.78, 5) is 53.7. The van der Waals surface area contributed by atoms with E-state index in [9.17, 15) is 23.6 Å². The van der Waals surface area contributed by atoms with E-state index < -0.39 is 35.4 Å². The van der Waals surface area contributed by atoms with Crippen LogP contribution in [-0.4, -0.2) is 69.2 Å². The van der Waals surface area contributed by atoms with Crippen LogP contribution in [0.15, 0.2) is 12.3 Å². The summed E-state index contributed by atoms with van der Waals surface area (Å²) in [6.45, 7) is 3.37. The van der Waals surface area contributed by atoms with E-state index in [-0.39, 0.29) is 30.1 Å². The van der Waals surface area contributed by atoms with Gasteiger partial charge in [0.15, 0.2) is 5.82 Å². The Kier molecular flexibility index (Phi) is 7.14. The molecule has 35 heavy (non-hydrogen) atoms. The third kappa shape index (κ3) is 5.65. The van der Waals surface area contributed by atoms with Gasteiger partial charge < -0.3 is 20.9 Å². The number of alkyl halides is 1. The molecule has 4 rings (SSSR count). The molecule has 4 amide bonds. The minimum absolute atomic E-state index is 0.115. The predicted octanol–water partition coefficient (Wildman–Crippen LogP) is 2.06. The van der Waals surface area contributed by atoms with Gasteiger partial charge in [0.05, 0.1) is 0 Å². The van der Waals surface area contributed by atoms with Gasteiger partial charge in [-0.1, -0.05) is 19.8 Å². The lowest BCUT2D eigenvalue weighted by Crippen LogP contribution is -2.68. The highest BCUT2D eigenvalue weighted by atomic mass is 19.1. The number of likely N-dealkylation sites (tertiary alicyclic amines) is 1. The van der Waals surface area contributed by atoms with Gasteiger partial charge in [-0.15, -0.1) is 0 Å². The van der Waals surface area contributed by atoms with Gasteiger partial charge in [-0.3, -0.25) is 19.1 Å². The average molecular weight is 491 g/mol. The van der Waals surface area contributed by atoms with Gasteiger partial charge in [0.1, 0.15) is 17.8 Å². The lowest BCUT2D eigenvalue weighted by atomic mass is 9.71. The van der Waals surface area contributed by atoms with Crippen LogP contribution in [0.3, 0.4) is 0 Å². The number of aryl methyl sites for hydroxylation is 1. The molecule has 1 saturated heterocycles. The Hall–Kier alpha value is -2.98. The van der Waals surface area contributed by atoms with Crippen molar-refractivity contribution in [1.29, 1.82) is 0 Å². The van der Waals surface area contributed by atoms with Gasteiger partial charge in [0.2, 0.25) is 11.7 Å². The molecule has 1 aromatic heterocycles. The van der Waals surface area contributed by atoms with Crippen molar-refractivity contribution in [2.24, 2.45) is 12.5 Å². The lowest BCUT2D eigenvalue weighted by molar-refractivity contribution is -0.146. The highest BCUT2D eigenvalue weighted by Gasteiger charge is 2.54. The van der Waals surface area contributed by atoms with Crippen LogP contribution in [0.5, 0.6) is 0 Å². The Morgan fingerprint density at radius 1 is 1.14 bits per heavy atom. The average Bonchev–Trinajstić information content (AvgIpc) is 3.54. The second-order valence-electron chi connectivity index (χ2n) is 10.7. The van der Waals surface area contributed by atoms with E-state index in [2.05, 4.69) is 28.0 Å². The first-order chi connectivity index (χ1) is 16.6. The summed E-state index contributed by atoms with van der Waals surface area (Å²) in [6.07, 6.45) is 6.01. The fourth-order valence-electron chi connectivity index (χ4n) is 5.53. The third-order valence-corrected chi connectivity index (χ3v) is 7.61. The zero-order valence-electron chi connectivity index (χ0n) is 20.4. The standard InChI is InChI=1S/C24H35FN6O4/c1-23(8-3-4-9-23)15-17(26-22(35)31-10-5-6-11-31)20(33)28-24(13-16(25)14-24)19(32)21(34)27-18-7-12-30(2)29-18/h7,12,16-17H,3-6,8-11,13-15H2,1-2H3,(H,26,35)(H,28,33)(H,27,29,34)/t16?,17-,24?/m0/s1. The molecule has 2 heterocycles. The van der Waals surface area contributed by atoms with Crippen LogP contribution >= 0.6 is 0 Å². The number of aromatic nitrogens is 2. The number of hydrogen-bond donors (Lipinski definition) is 3. The monoisotopic (exact) mass is 490 g/mol. The molecule has 0 spiro atoms. The number of urea groups is 1. The first kappa shape index (κ1) is 25.1. The Morgan fingerprint density at radius 2 is 1.80 bits per heavy atom. The van der Waals surface area contributed by atoms with Gasteiger partial charge in [-0.25, -0.2) is 9.18 Å². The lowest BCUT2D eigenvalue weighted by Gasteiger charge is -2.43. The van der Waals surface area contributed by atoms with Crippen molar-refractivity contribution in [3.63, 3.8) is 0 Å². The molecule has 0 radical (unpaired) electrons. The molecule has 3 N–H and O–H groups in total. The summed E-state index contributed by atoms with van der Waals surface area (Å²) in [5, 5.41) is 12.0. The van der Waals surface area contributed by atoms with Gasteiger partial charge in [0, 0.05) is 45.2 Å². The van der Waals surface area contributed by atoms with Crippen molar-refractivity contribution in [2.45, 2.75) is 82.5 Å². The fourth-order valence-corrected chi connectivity index (χ4v) is 5.53. The highest BCUT2D eigenvalue weighted by Crippen LogP contribution is 2.42. The molecule has 192 valence electrons. The van der Waals surface area contributed by atoms with E-state index >= 15 is 0 Å². The van der Waals surface area contributed by atoms with Crippen LogP contribution in [0.4, 0.5) is 15.0 Å². The molecule has 0 aromatic carbocycles. The maximum Gasteiger partial charge on any atom is 0.318 e. The minimum atomic E-state index is -1.64. The third-order valence-electron chi connectivity index (χ3n) is 7.61. The molecule has 3 aliphatic rings. The molecule has 10 nitrogen and oxygen atoms in total. The number of Topliss-reactive ketones (excluding diaryl/α,β-unsaturated/α-hetero) is 1. The number of hydrogen-bond acceptors (Lipinski definition) is 5. The number of rotatable bonds is 8. The Balaban J connectivity index is 1.48. The van der Waals surface area contributed by atoms with Crippen molar-refractivity contribution in [1.82, 2.24) is 25.3 Å². The number of carbonyl (C=O) groups is 4. The molecular formula is C24H35FN6O4. The topological polar surface area (TPSA) is 125 Å². The van der Waals surface area contributed by atoms with Crippen LogP contribution in [-0.2, 0) is 21.4 Å². The van der Waals surface area contributed by atoms with Gasteiger partial charge in [-0.2, -0.15) is 5.10 Å². The Bertz CT molecular complexity index is 976. The Labute approximate surface area is 204 Å². The van der Waals surface area contributed by atoms with E-state index in [1.807, 2.05) is 0 Å². The van der Waals surface area contributed by atoms with E-state index in [1.165, 1.54) is 10.7 Å². The fraction of sp³-hybridized carbons (Fsp3) is 0.708. The number of ketones is 1. The number of nitrogens with zero attached hydrogens (tertiary/aromatic N) is 3. The molecule has 0 unspecified atom stereocenters. The second-order valence-corrected chi connectivity index (χ2v) is 10.7. The van der Waals surface area contributed by atoms with E-state index in [4.69, 9.17) is 0 Å². The van der Waals surface area contributed by atoms with Crippen molar-refractivity contribution in [2.75, 3.05) is 18.4 Å². The molecule has 3 fully saturated rings. The SMILES string of the molecule is Cn1ccc(NC(=O)C(=O)C2(NC(=O)[C@H](CC3(C)CCCC3)NC(=O)N3CCCC3)CC(F)C2)n1. The number of carbonyl (C=O) groups excluding carboxylic acids is 4. The number of amides is 4. The van der Waals surface area contributed by atoms with Crippen LogP contribution in [0.25, 0.3) is 0 Å². The van der Waals surface area contributed by atoms with Crippen molar-refractivity contribution in [3.8, 4) is 0 Å². The molecular weight excluding hydrogens is 455 g/mol.